The number of benzene rings is 1. The largest absolute Gasteiger partial charge is 0.323 e. The van der Waals surface area contributed by atoms with Crippen LogP contribution in [0.15, 0.2) is 53.7 Å². The van der Waals surface area contributed by atoms with Gasteiger partial charge in [0.2, 0.25) is 10.0 Å². The predicted octanol–water partition coefficient (Wildman–Crippen LogP) is 1.41. The molecule has 0 saturated carbocycles. The van der Waals surface area contributed by atoms with E-state index in [4.69, 9.17) is 5.84 Å². The average molecular weight is 292 g/mol. The van der Waals surface area contributed by atoms with E-state index in [-0.39, 0.29) is 10.9 Å². The molecule has 0 aliphatic rings. The van der Waals surface area contributed by atoms with Gasteiger partial charge in [0.15, 0.2) is 0 Å². The number of nitrogens with two attached hydrogens (primary N) is 1. The summed E-state index contributed by atoms with van der Waals surface area (Å²) in [5, 5.41) is 0. The van der Waals surface area contributed by atoms with E-state index >= 15 is 0 Å². The molecular formula is C13H16N4O2S. The molecule has 1 unspecified atom stereocenters. The highest BCUT2D eigenvalue weighted by Gasteiger charge is 2.21. The molecule has 0 radical (unpaired) electrons. The third-order valence-electron chi connectivity index (χ3n) is 2.87. The highest BCUT2D eigenvalue weighted by atomic mass is 32.2. The van der Waals surface area contributed by atoms with Crippen molar-refractivity contribution in [3.05, 3.63) is 54.4 Å². The lowest BCUT2D eigenvalue weighted by Gasteiger charge is -2.16. The Hall–Kier alpha value is -1.96. The number of sulfonamides is 1. The molecule has 0 amide bonds. The molecule has 0 saturated heterocycles. The van der Waals surface area contributed by atoms with Crippen molar-refractivity contribution < 1.29 is 8.42 Å². The molecule has 0 spiro atoms. The maximum absolute atomic E-state index is 12.4. The van der Waals surface area contributed by atoms with Gasteiger partial charge in [0.1, 0.15) is 4.90 Å². The lowest BCUT2D eigenvalue weighted by Crippen LogP contribution is -2.28. The van der Waals surface area contributed by atoms with Crippen LogP contribution in [0.4, 0.5) is 5.69 Å². The maximum Gasteiger partial charge on any atom is 0.243 e. The fourth-order valence-corrected chi connectivity index (χ4v) is 3.24. The molecule has 0 aliphatic heterocycles. The lowest BCUT2D eigenvalue weighted by atomic mass is 10.1. The van der Waals surface area contributed by atoms with Crippen LogP contribution >= 0.6 is 0 Å². The number of nitrogens with zero attached hydrogens (tertiary/aromatic N) is 1. The molecule has 20 heavy (non-hydrogen) atoms. The van der Waals surface area contributed by atoms with Crippen LogP contribution in [-0.2, 0) is 10.0 Å². The zero-order valence-corrected chi connectivity index (χ0v) is 11.8. The van der Waals surface area contributed by atoms with Crippen molar-refractivity contribution >= 4 is 15.7 Å². The van der Waals surface area contributed by atoms with Gasteiger partial charge >= 0.3 is 0 Å². The van der Waals surface area contributed by atoms with Gasteiger partial charge in [-0.1, -0.05) is 12.1 Å². The molecule has 1 aromatic carbocycles. The first-order chi connectivity index (χ1) is 9.54. The van der Waals surface area contributed by atoms with E-state index in [2.05, 4.69) is 15.1 Å². The first-order valence-corrected chi connectivity index (χ1v) is 7.51. The van der Waals surface area contributed by atoms with Crippen molar-refractivity contribution in [3.8, 4) is 0 Å². The number of hydrogen-bond donors (Lipinski definition) is 3. The second-order valence-electron chi connectivity index (χ2n) is 4.26. The Morgan fingerprint density at radius 2 is 1.80 bits per heavy atom. The van der Waals surface area contributed by atoms with Crippen molar-refractivity contribution in [3.63, 3.8) is 0 Å². The van der Waals surface area contributed by atoms with Gasteiger partial charge in [-0.05, 0) is 36.8 Å². The van der Waals surface area contributed by atoms with Crippen LogP contribution in [-0.4, -0.2) is 13.4 Å². The number of aromatic nitrogens is 1. The summed E-state index contributed by atoms with van der Waals surface area (Å²) in [6.07, 6.45) is 3.24. The van der Waals surface area contributed by atoms with Crippen LogP contribution in [0.25, 0.3) is 0 Å². The SMILES string of the molecule is CC(NS(=O)(=O)c1ccccc1NN)c1ccncc1. The van der Waals surface area contributed by atoms with E-state index in [0.717, 1.165) is 5.56 Å². The molecule has 0 aliphatic carbocycles. The third-order valence-corrected chi connectivity index (χ3v) is 4.47. The standard InChI is InChI=1S/C13H16N4O2S/c1-10(11-6-8-15-9-7-11)17-20(18,19)13-5-3-2-4-12(13)16-14/h2-10,16-17H,14H2,1H3. The van der Waals surface area contributed by atoms with Gasteiger partial charge in [-0.2, -0.15) is 0 Å². The number of nitrogen functional groups attached to an aromatic ring is 1. The molecule has 1 heterocycles. The van der Waals surface area contributed by atoms with Gasteiger partial charge < -0.3 is 5.43 Å². The van der Waals surface area contributed by atoms with Crippen molar-refractivity contribution in [1.82, 2.24) is 9.71 Å². The highest BCUT2D eigenvalue weighted by Crippen LogP contribution is 2.22. The fraction of sp³-hybridized carbons (Fsp3) is 0.154. The molecular weight excluding hydrogens is 276 g/mol. The van der Waals surface area contributed by atoms with Crippen molar-refractivity contribution in [2.45, 2.75) is 17.9 Å². The van der Waals surface area contributed by atoms with Gasteiger partial charge in [-0.25, -0.2) is 13.1 Å². The summed E-state index contributed by atoms with van der Waals surface area (Å²) in [5.74, 6) is 5.34. The molecule has 0 fully saturated rings. The molecule has 2 aromatic rings. The fourth-order valence-electron chi connectivity index (χ4n) is 1.84. The number of hydrazine groups is 1. The Kier molecular flexibility index (Phi) is 4.33. The summed E-state index contributed by atoms with van der Waals surface area (Å²) in [4.78, 5) is 4.02. The van der Waals surface area contributed by atoms with Gasteiger partial charge in [-0.3, -0.25) is 10.8 Å². The number of para-hydroxylation sites is 1. The Bertz CT molecular complexity index is 674. The molecule has 1 atom stereocenters. The number of rotatable bonds is 5. The summed E-state index contributed by atoms with van der Waals surface area (Å²) in [6, 6.07) is 9.62. The molecule has 4 N–H and O–H groups in total. The van der Waals surface area contributed by atoms with E-state index < -0.39 is 10.0 Å². The summed E-state index contributed by atoms with van der Waals surface area (Å²) in [6.45, 7) is 1.77. The smallest absolute Gasteiger partial charge is 0.243 e. The minimum atomic E-state index is -3.66. The summed E-state index contributed by atoms with van der Waals surface area (Å²) in [5.41, 5.74) is 3.57. The monoisotopic (exact) mass is 292 g/mol. The molecule has 106 valence electrons. The zero-order valence-electron chi connectivity index (χ0n) is 10.9. The van der Waals surface area contributed by atoms with E-state index in [1.165, 1.54) is 6.07 Å². The Labute approximate surface area is 118 Å². The normalized spacial score (nSPS) is 12.9. The molecule has 7 heteroatoms. The average Bonchev–Trinajstić information content (AvgIpc) is 2.47. The van der Waals surface area contributed by atoms with Crippen LogP contribution in [0.1, 0.15) is 18.5 Å². The molecule has 0 bridgehead atoms. The van der Waals surface area contributed by atoms with Crippen LogP contribution in [0.2, 0.25) is 0 Å². The summed E-state index contributed by atoms with van der Waals surface area (Å²) in [7, 11) is -3.66. The third kappa shape index (κ3) is 3.13. The minimum Gasteiger partial charge on any atom is -0.323 e. The van der Waals surface area contributed by atoms with Crippen LogP contribution in [0.3, 0.4) is 0 Å². The highest BCUT2D eigenvalue weighted by molar-refractivity contribution is 7.89. The number of pyridine rings is 1. The maximum atomic E-state index is 12.4. The van der Waals surface area contributed by atoms with Gasteiger partial charge in [0, 0.05) is 18.4 Å². The van der Waals surface area contributed by atoms with Gasteiger partial charge in [0.25, 0.3) is 0 Å². The Morgan fingerprint density at radius 1 is 1.15 bits per heavy atom. The Morgan fingerprint density at radius 3 is 2.45 bits per heavy atom. The van der Waals surface area contributed by atoms with Crippen LogP contribution < -0.4 is 16.0 Å². The lowest BCUT2D eigenvalue weighted by molar-refractivity contribution is 0.567. The van der Waals surface area contributed by atoms with E-state index in [1.54, 1.807) is 49.6 Å². The Balaban J connectivity index is 2.28. The van der Waals surface area contributed by atoms with Gasteiger partial charge in [-0.15, -0.1) is 0 Å². The zero-order chi connectivity index (χ0) is 14.6. The molecule has 1 aromatic heterocycles. The second-order valence-corrected chi connectivity index (χ2v) is 5.95. The molecule has 6 nitrogen and oxygen atoms in total. The number of hydrogen-bond acceptors (Lipinski definition) is 5. The van der Waals surface area contributed by atoms with Crippen LogP contribution in [0, 0.1) is 0 Å². The topological polar surface area (TPSA) is 97.1 Å². The van der Waals surface area contributed by atoms with E-state index in [9.17, 15) is 8.42 Å². The first-order valence-electron chi connectivity index (χ1n) is 6.02. The molecule has 2 rings (SSSR count). The van der Waals surface area contributed by atoms with Crippen LogP contribution in [0.5, 0.6) is 0 Å². The van der Waals surface area contributed by atoms with E-state index in [0.29, 0.717) is 5.69 Å². The quantitative estimate of drug-likeness (QED) is 0.572. The number of anilines is 1. The summed E-state index contributed by atoms with van der Waals surface area (Å²) >= 11 is 0. The van der Waals surface area contributed by atoms with Crippen molar-refractivity contribution in [2.24, 2.45) is 5.84 Å². The summed E-state index contributed by atoms with van der Waals surface area (Å²) < 4.78 is 27.4. The number of nitrogens with one attached hydrogen (secondary N) is 2. The van der Waals surface area contributed by atoms with Crippen molar-refractivity contribution in [1.29, 1.82) is 0 Å². The van der Waals surface area contributed by atoms with E-state index in [1.807, 2.05) is 0 Å². The predicted molar refractivity (Wildman–Crippen MR) is 77.2 cm³/mol. The van der Waals surface area contributed by atoms with Gasteiger partial charge in [0.05, 0.1) is 5.69 Å². The minimum absolute atomic E-state index is 0.114. The first kappa shape index (κ1) is 14.4. The van der Waals surface area contributed by atoms with Crippen molar-refractivity contribution in [2.75, 3.05) is 5.43 Å². The second kappa shape index (κ2) is 6.00.